The molecule has 21 heavy (non-hydrogen) atoms. The van der Waals surface area contributed by atoms with Crippen LogP contribution in [0.15, 0.2) is 24.3 Å². The number of likely N-dealkylation sites (tertiary alicyclic amines) is 1. The molecular formula is C18H29NO2. The van der Waals surface area contributed by atoms with E-state index in [1.807, 2.05) is 24.3 Å². The van der Waals surface area contributed by atoms with Crippen LogP contribution < -0.4 is 4.74 Å². The molecule has 2 rings (SSSR count). The molecule has 0 spiro atoms. The SMILES string of the molecule is CCCOc1ccc(C(O)CN2CCC(C)C(C)C2)cc1. The Labute approximate surface area is 128 Å². The number of piperidine rings is 1. The van der Waals surface area contributed by atoms with Gasteiger partial charge in [-0.25, -0.2) is 0 Å². The maximum absolute atomic E-state index is 10.4. The average Bonchev–Trinajstić information content (AvgIpc) is 2.49. The van der Waals surface area contributed by atoms with Crippen LogP contribution in [0.5, 0.6) is 5.75 Å². The molecule has 1 heterocycles. The quantitative estimate of drug-likeness (QED) is 0.871. The Kier molecular flexibility index (Phi) is 6.07. The molecule has 1 N–H and O–H groups in total. The van der Waals surface area contributed by atoms with Crippen LogP contribution in [0.25, 0.3) is 0 Å². The van der Waals surface area contributed by atoms with E-state index in [1.54, 1.807) is 0 Å². The highest BCUT2D eigenvalue weighted by atomic mass is 16.5. The van der Waals surface area contributed by atoms with Crippen molar-refractivity contribution in [1.82, 2.24) is 4.90 Å². The van der Waals surface area contributed by atoms with Gasteiger partial charge in [-0.15, -0.1) is 0 Å². The lowest BCUT2D eigenvalue weighted by atomic mass is 9.88. The van der Waals surface area contributed by atoms with Crippen LogP contribution in [0.2, 0.25) is 0 Å². The molecule has 0 amide bonds. The van der Waals surface area contributed by atoms with Gasteiger partial charge in [0.1, 0.15) is 5.75 Å². The lowest BCUT2D eigenvalue weighted by Crippen LogP contribution is -2.40. The molecule has 1 aromatic rings. The first-order valence-electron chi connectivity index (χ1n) is 8.23. The Bertz CT molecular complexity index is 418. The van der Waals surface area contributed by atoms with Gasteiger partial charge in [-0.2, -0.15) is 0 Å². The van der Waals surface area contributed by atoms with Gasteiger partial charge in [0.2, 0.25) is 0 Å². The van der Waals surface area contributed by atoms with E-state index in [4.69, 9.17) is 4.74 Å². The minimum Gasteiger partial charge on any atom is -0.494 e. The summed E-state index contributed by atoms with van der Waals surface area (Å²) in [7, 11) is 0. The number of β-amino-alcohol motifs (C(OH)–C–C–N with tert-alkyl or cyclic N) is 1. The van der Waals surface area contributed by atoms with E-state index in [-0.39, 0.29) is 0 Å². The standard InChI is InChI=1S/C18H29NO2/c1-4-11-21-17-7-5-16(6-8-17)18(20)13-19-10-9-14(2)15(3)12-19/h5-8,14-15,18,20H,4,9-13H2,1-3H3. The molecular weight excluding hydrogens is 262 g/mol. The molecule has 1 aliphatic rings. The summed E-state index contributed by atoms with van der Waals surface area (Å²) in [6, 6.07) is 7.86. The highest BCUT2D eigenvalue weighted by molar-refractivity contribution is 5.28. The second-order valence-corrected chi connectivity index (χ2v) is 6.44. The fourth-order valence-electron chi connectivity index (χ4n) is 2.87. The van der Waals surface area contributed by atoms with Crippen molar-refractivity contribution in [3.05, 3.63) is 29.8 Å². The number of benzene rings is 1. The lowest BCUT2D eigenvalue weighted by molar-refractivity contribution is 0.0705. The van der Waals surface area contributed by atoms with Crippen molar-refractivity contribution in [3.63, 3.8) is 0 Å². The van der Waals surface area contributed by atoms with Crippen molar-refractivity contribution in [1.29, 1.82) is 0 Å². The smallest absolute Gasteiger partial charge is 0.119 e. The highest BCUT2D eigenvalue weighted by Crippen LogP contribution is 2.25. The maximum Gasteiger partial charge on any atom is 0.119 e. The number of rotatable bonds is 6. The first-order chi connectivity index (χ1) is 10.1. The van der Waals surface area contributed by atoms with Gasteiger partial charge in [-0.05, 0) is 48.9 Å². The third-order valence-electron chi connectivity index (χ3n) is 4.59. The summed E-state index contributed by atoms with van der Waals surface area (Å²) in [4.78, 5) is 2.39. The van der Waals surface area contributed by atoms with Crippen molar-refractivity contribution >= 4 is 0 Å². The summed E-state index contributed by atoms with van der Waals surface area (Å²) in [5.74, 6) is 2.40. The van der Waals surface area contributed by atoms with Crippen LogP contribution >= 0.6 is 0 Å². The molecule has 3 heteroatoms. The summed E-state index contributed by atoms with van der Waals surface area (Å²) in [5.41, 5.74) is 0.977. The Balaban J connectivity index is 1.86. The Hall–Kier alpha value is -1.06. The van der Waals surface area contributed by atoms with Crippen molar-refractivity contribution < 1.29 is 9.84 Å². The van der Waals surface area contributed by atoms with Crippen molar-refractivity contribution in [2.75, 3.05) is 26.2 Å². The third kappa shape index (κ3) is 4.72. The molecule has 1 fully saturated rings. The molecule has 1 saturated heterocycles. The summed E-state index contributed by atoms with van der Waals surface area (Å²) in [5, 5.41) is 10.4. The summed E-state index contributed by atoms with van der Waals surface area (Å²) in [6.07, 6.45) is 1.83. The van der Waals surface area contributed by atoms with Gasteiger partial charge in [-0.3, -0.25) is 0 Å². The Morgan fingerprint density at radius 3 is 2.57 bits per heavy atom. The van der Waals surface area contributed by atoms with Gasteiger partial charge in [-0.1, -0.05) is 32.9 Å². The largest absolute Gasteiger partial charge is 0.494 e. The average molecular weight is 291 g/mol. The summed E-state index contributed by atoms with van der Waals surface area (Å²) in [6.45, 7) is 10.4. The Morgan fingerprint density at radius 2 is 1.95 bits per heavy atom. The van der Waals surface area contributed by atoms with Gasteiger partial charge in [0.05, 0.1) is 12.7 Å². The molecule has 118 valence electrons. The molecule has 0 aromatic heterocycles. The normalized spacial score (nSPS) is 24.8. The van der Waals surface area contributed by atoms with Crippen molar-refractivity contribution in [2.24, 2.45) is 11.8 Å². The number of hydrogen-bond acceptors (Lipinski definition) is 3. The topological polar surface area (TPSA) is 32.7 Å². The van der Waals surface area contributed by atoms with Crippen LogP contribution in [-0.2, 0) is 0 Å². The first kappa shape index (κ1) is 16.3. The molecule has 0 aliphatic carbocycles. The zero-order valence-corrected chi connectivity index (χ0v) is 13.6. The van der Waals surface area contributed by atoms with Crippen molar-refractivity contribution in [3.8, 4) is 5.75 Å². The van der Waals surface area contributed by atoms with E-state index in [2.05, 4.69) is 25.7 Å². The van der Waals surface area contributed by atoms with E-state index in [0.717, 1.165) is 55.8 Å². The molecule has 3 atom stereocenters. The van der Waals surface area contributed by atoms with Crippen LogP contribution in [0.1, 0.15) is 45.3 Å². The fourth-order valence-corrected chi connectivity index (χ4v) is 2.87. The summed E-state index contributed by atoms with van der Waals surface area (Å²) >= 11 is 0. The van der Waals surface area contributed by atoms with E-state index >= 15 is 0 Å². The predicted molar refractivity (Wildman–Crippen MR) is 86.6 cm³/mol. The summed E-state index contributed by atoms with van der Waals surface area (Å²) < 4.78 is 5.57. The van der Waals surface area contributed by atoms with E-state index in [0.29, 0.717) is 0 Å². The molecule has 1 aliphatic heterocycles. The Morgan fingerprint density at radius 1 is 1.24 bits per heavy atom. The van der Waals surface area contributed by atoms with E-state index < -0.39 is 6.10 Å². The van der Waals surface area contributed by atoms with Gasteiger partial charge in [0.25, 0.3) is 0 Å². The monoisotopic (exact) mass is 291 g/mol. The number of aliphatic hydroxyl groups excluding tert-OH is 1. The maximum atomic E-state index is 10.4. The van der Waals surface area contributed by atoms with E-state index in [1.165, 1.54) is 6.42 Å². The van der Waals surface area contributed by atoms with E-state index in [9.17, 15) is 5.11 Å². The minimum atomic E-state index is -0.411. The number of hydrogen-bond donors (Lipinski definition) is 1. The predicted octanol–water partition coefficient (Wildman–Crippen LogP) is 3.49. The number of ether oxygens (including phenoxy) is 1. The van der Waals surface area contributed by atoms with Gasteiger partial charge >= 0.3 is 0 Å². The fraction of sp³-hybridized carbons (Fsp3) is 0.667. The molecule has 3 nitrogen and oxygen atoms in total. The molecule has 0 radical (unpaired) electrons. The highest BCUT2D eigenvalue weighted by Gasteiger charge is 2.24. The van der Waals surface area contributed by atoms with Crippen LogP contribution in [0.4, 0.5) is 0 Å². The number of aliphatic hydroxyl groups is 1. The molecule has 0 bridgehead atoms. The van der Waals surface area contributed by atoms with Crippen LogP contribution in [0, 0.1) is 11.8 Å². The van der Waals surface area contributed by atoms with Gasteiger partial charge in [0, 0.05) is 13.1 Å². The number of nitrogens with zero attached hydrogens (tertiary/aromatic N) is 1. The van der Waals surface area contributed by atoms with Crippen LogP contribution in [-0.4, -0.2) is 36.2 Å². The van der Waals surface area contributed by atoms with Crippen LogP contribution in [0.3, 0.4) is 0 Å². The third-order valence-corrected chi connectivity index (χ3v) is 4.59. The van der Waals surface area contributed by atoms with Gasteiger partial charge in [0.15, 0.2) is 0 Å². The molecule has 1 aromatic carbocycles. The second kappa shape index (κ2) is 7.81. The minimum absolute atomic E-state index is 0.411. The van der Waals surface area contributed by atoms with Gasteiger partial charge < -0.3 is 14.7 Å². The van der Waals surface area contributed by atoms with Crippen molar-refractivity contribution in [2.45, 2.75) is 39.7 Å². The first-order valence-corrected chi connectivity index (χ1v) is 8.23. The zero-order valence-electron chi connectivity index (χ0n) is 13.6. The second-order valence-electron chi connectivity index (χ2n) is 6.44. The molecule has 3 unspecified atom stereocenters. The zero-order chi connectivity index (χ0) is 15.2. The lowest BCUT2D eigenvalue weighted by Gasteiger charge is -2.36. The molecule has 0 saturated carbocycles.